The minimum atomic E-state index is 0.0250. The van der Waals surface area contributed by atoms with Crippen molar-refractivity contribution in [2.45, 2.75) is 6.54 Å². The Morgan fingerprint density at radius 3 is 2.62 bits per heavy atom. The fraction of sp³-hybridized carbons (Fsp3) is 0.190. The molecule has 130 valence electrons. The number of amides is 2. The smallest absolute Gasteiger partial charge is 0.324 e. The SMILES string of the molecule is O=C1N(Cc2ccc3ccccc3c2)CCN1c1ccc2c(c1)OCO2. The number of carbonyl (C=O) groups excluding carboxylic acids is 1. The first-order valence-corrected chi connectivity index (χ1v) is 8.72. The molecule has 0 aromatic heterocycles. The Morgan fingerprint density at radius 1 is 0.846 bits per heavy atom. The van der Waals surface area contributed by atoms with Gasteiger partial charge in [-0.15, -0.1) is 0 Å². The van der Waals surface area contributed by atoms with Crippen molar-refractivity contribution in [1.82, 2.24) is 4.90 Å². The third-order valence-electron chi connectivity index (χ3n) is 4.95. The van der Waals surface area contributed by atoms with E-state index in [4.69, 9.17) is 9.47 Å². The number of fused-ring (bicyclic) bond motifs is 2. The zero-order chi connectivity index (χ0) is 17.5. The van der Waals surface area contributed by atoms with Gasteiger partial charge in [-0.2, -0.15) is 0 Å². The molecule has 0 bridgehead atoms. The van der Waals surface area contributed by atoms with Crippen molar-refractivity contribution < 1.29 is 14.3 Å². The number of rotatable bonds is 3. The first-order valence-electron chi connectivity index (χ1n) is 8.72. The molecular weight excluding hydrogens is 328 g/mol. The zero-order valence-corrected chi connectivity index (χ0v) is 14.2. The molecule has 2 heterocycles. The van der Waals surface area contributed by atoms with E-state index in [1.54, 1.807) is 4.90 Å². The monoisotopic (exact) mass is 346 g/mol. The lowest BCUT2D eigenvalue weighted by atomic mass is 10.1. The van der Waals surface area contributed by atoms with Gasteiger partial charge in [0.25, 0.3) is 0 Å². The van der Waals surface area contributed by atoms with Crippen LogP contribution in [0.1, 0.15) is 5.56 Å². The Morgan fingerprint density at radius 2 is 1.69 bits per heavy atom. The predicted molar refractivity (Wildman–Crippen MR) is 99.7 cm³/mol. The number of hydrogen-bond donors (Lipinski definition) is 0. The number of ether oxygens (including phenoxy) is 2. The van der Waals surface area contributed by atoms with Crippen LogP contribution in [0.5, 0.6) is 11.5 Å². The van der Waals surface area contributed by atoms with Crippen LogP contribution in [0.25, 0.3) is 10.8 Å². The summed E-state index contributed by atoms with van der Waals surface area (Å²) < 4.78 is 10.8. The van der Waals surface area contributed by atoms with Gasteiger partial charge in [0.2, 0.25) is 6.79 Å². The standard InChI is InChI=1S/C21H18N2O3/c24-21-22(13-15-5-6-16-3-1-2-4-17(16)11-15)9-10-23(21)18-7-8-19-20(12-18)26-14-25-19/h1-8,11-12H,9-10,13-14H2. The maximum Gasteiger partial charge on any atom is 0.324 e. The average Bonchev–Trinajstić information content (AvgIpc) is 3.28. The predicted octanol–water partition coefficient (Wildman–Crippen LogP) is 4.01. The Hall–Kier alpha value is -3.21. The molecule has 3 aromatic rings. The molecule has 0 N–H and O–H groups in total. The molecule has 2 aliphatic rings. The fourth-order valence-corrected chi connectivity index (χ4v) is 3.58. The van der Waals surface area contributed by atoms with Gasteiger partial charge < -0.3 is 14.4 Å². The summed E-state index contributed by atoms with van der Waals surface area (Å²) in [7, 11) is 0. The topological polar surface area (TPSA) is 42.0 Å². The summed E-state index contributed by atoms with van der Waals surface area (Å²) in [6.07, 6.45) is 0. The van der Waals surface area contributed by atoms with E-state index in [1.165, 1.54) is 10.8 Å². The molecule has 0 saturated carbocycles. The van der Waals surface area contributed by atoms with Crippen molar-refractivity contribution in [2.75, 3.05) is 24.8 Å². The summed E-state index contributed by atoms with van der Waals surface area (Å²) in [6, 6.07) is 20.3. The largest absolute Gasteiger partial charge is 0.454 e. The molecule has 1 fully saturated rings. The van der Waals surface area contributed by atoms with Gasteiger partial charge in [-0.05, 0) is 34.5 Å². The molecule has 5 heteroatoms. The second-order valence-electron chi connectivity index (χ2n) is 6.57. The molecule has 1 saturated heterocycles. The van der Waals surface area contributed by atoms with E-state index < -0.39 is 0 Å². The van der Waals surface area contributed by atoms with E-state index in [-0.39, 0.29) is 12.8 Å². The Balaban J connectivity index is 1.35. The first-order chi connectivity index (χ1) is 12.8. The van der Waals surface area contributed by atoms with Crippen molar-refractivity contribution in [3.05, 3.63) is 66.2 Å². The Labute approximate surface area is 151 Å². The quantitative estimate of drug-likeness (QED) is 0.719. The van der Waals surface area contributed by atoms with Crippen LogP contribution in [0.2, 0.25) is 0 Å². The number of carbonyl (C=O) groups is 1. The third-order valence-corrected chi connectivity index (χ3v) is 4.95. The first kappa shape index (κ1) is 15.1. The van der Waals surface area contributed by atoms with E-state index in [9.17, 15) is 4.79 Å². The number of benzene rings is 3. The molecule has 5 nitrogen and oxygen atoms in total. The Bertz CT molecular complexity index is 1000. The van der Waals surface area contributed by atoms with E-state index in [2.05, 4.69) is 30.3 Å². The van der Waals surface area contributed by atoms with Crippen LogP contribution < -0.4 is 14.4 Å². The lowest BCUT2D eigenvalue weighted by molar-refractivity contribution is 0.174. The number of hydrogen-bond acceptors (Lipinski definition) is 3. The van der Waals surface area contributed by atoms with E-state index in [0.29, 0.717) is 25.4 Å². The van der Waals surface area contributed by atoms with Gasteiger partial charge in [0.05, 0.1) is 0 Å². The van der Waals surface area contributed by atoms with Gasteiger partial charge in [0, 0.05) is 31.4 Å². The summed E-state index contributed by atoms with van der Waals surface area (Å²) >= 11 is 0. The lowest BCUT2D eigenvalue weighted by Gasteiger charge is -2.19. The minimum absolute atomic E-state index is 0.0250. The minimum Gasteiger partial charge on any atom is -0.454 e. The molecule has 26 heavy (non-hydrogen) atoms. The average molecular weight is 346 g/mol. The lowest BCUT2D eigenvalue weighted by Crippen LogP contribution is -2.31. The van der Waals surface area contributed by atoms with Crippen molar-refractivity contribution in [3.63, 3.8) is 0 Å². The Kier molecular flexibility index (Phi) is 3.45. The van der Waals surface area contributed by atoms with Crippen molar-refractivity contribution in [3.8, 4) is 11.5 Å². The normalized spacial score (nSPS) is 15.9. The van der Waals surface area contributed by atoms with Crippen LogP contribution in [0.4, 0.5) is 10.5 Å². The fourth-order valence-electron chi connectivity index (χ4n) is 3.58. The third kappa shape index (κ3) is 2.52. The van der Waals surface area contributed by atoms with Gasteiger partial charge in [-0.3, -0.25) is 4.90 Å². The van der Waals surface area contributed by atoms with Crippen LogP contribution >= 0.6 is 0 Å². The summed E-state index contributed by atoms with van der Waals surface area (Å²) in [5, 5.41) is 2.41. The van der Waals surface area contributed by atoms with Crippen LogP contribution in [-0.4, -0.2) is 30.8 Å². The summed E-state index contributed by atoms with van der Waals surface area (Å²) in [4.78, 5) is 16.5. The van der Waals surface area contributed by atoms with Crippen molar-refractivity contribution >= 4 is 22.5 Å². The summed E-state index contributed by atoms with van der Waals surface area (Å²) in [5.74, 6) is 1.43. The van der Waals surface area contributed by atoms with E-state index in [0.717, 1.165) is 17.0 Å². The highest BCUT2D eigenvalue weighted by molar-refractivity contribution is 5.94. The van der Waals surface area contributed by atoms with Crippen LogP contribution in [0.3, 0.4) is 0 Å². The second-order valence-corrected chi connectivity index (χ2v) is 6.57. The zero-order valence-electron chi connectivity index (χ0n) is 14.2. The second kappa shape index (κ2) is 5.95. The number of nitrogens with zero attached hydrogens (tertiary/aromatic N) is 2. The van der Waals surface area contributed by atoms with Crippen LogP contribution in [-0.2, 0) is 6.54 Å². The molecule has 0 aliphatic carbocycles. The molecule has 3 aromatic carbocycles. The highest BCUT2D eigenvalue weighted by Gasteiger charge is 2.30. The molecular formula is C21H18N2O3. The molecule has 0 radical (unpaired) electrons. The molecule has 5 rings (SSSR count). The molecule has 2 amide bonds. The van der Waals surface area contributed by atoms with E-state index >= 15 is 0 Å². The van der Waals surface area contributed by atoms with Crippen molar-refractivity contribution in [2.24, 2.45) is 0 Å². The highest BCUT2D eigenvalue weighted by atomic mass is 16.7. The number of urea groups is 1. The summed E-state index contributed by atoms with van der Waals surface area (Å²) in [6.45, 7) is 2.23. The van der Waals surface area contributed by atoms with E-state index in [1.807, 2.05) is 35.2 Å². The van der Waals surface area contributed by atoms with Gasteiger partial charge in [0.15, 0.2) is 11.5 Å². The van der Waals surface area contributed by atoms with Crippen molar-refractivity contribution in [1.29, 1.82) is 0 Å². The number of anilines is 1. The maximum absolute atomic E-state index is 12.9. The van der Waals surface area contributed by atoms with Gasteiger partial charge >= 0.3 is 6.03 Å². The summed E-state index contributed by atoms with van der Waals surface area (Å²) in [5.41, 5.74) is 1.99. The van der Waals surface area contributed by atoms with Crippen LogP contribution in [0, 0.1) is 0 Å². The maximum atomic E-state index is 12.9. The molecule has 2 aliphatic heterocycles. The molecule has 0 unspecified atom stereocenters. The van der Waals surface area contributed by atoms with Gasteiger partial charge in [-0.1, -0.05) is 36.4 Å². The van der Waals surface area contributed by atoms with Crippen LogP contribution in [0.15, 0.2) is 60.7 Å². The van der Waals surface area contributed by atoms with Gasteiger partial charge in [0.1, 0.15) is 0 Å². The highest BCUT2D eigenvalue weighted by Crippen LogP contribution is 2.36. The van der Waals surface area contributed by atoms with Gasteiger partial charge in [-0.25, -0.2) is 4.79 Å². The molecule has 0 atom stereocenters. The molecule has 0 spiro atoms.